The fourth-order valence-electron chi connectivity index (χ4n) is 3.89. The van der Waals surface area contributed by atoms with Gasteiger partial charge in [-0.25, -0.2) is 0 Å². The quantitative estimate of drug-likeness (QED) is 0.742. The number of ether oxygens (including phenoxy) is 2. The van der Waals surface area contributed by atoms with Crippen LogP contribution in [0.25, 0.3) is 0 Å². The predicted molar refractivity (Wildman–Crippen MR) is 106 cm³/mol. The molecule has 0 aromatic heterocycles. The maximum absolute atomic E-state index is 12.9. The van der Waals surface area contributed by atoms with Crippen LogP contribution in [0.1, 0.15) is 51.0 Å². The van der Waals surface area contributed by atoms with Crippen molar-refractivity contribution in [2.24, 2.45) is 10.9 Å². The molecule has 2 atom stereocenters. The third-order valence-corrected chi connectivity index (χ3v) is 5.45. The molecule has 3 rings (SSSR count). The van der Waals surface area contributed by atoms with E-state index in [-0.39, 0.29) is 22.3 Å². The Bertz CT molecular complexity index is 874. The first-order valence-electron chi connectivity index (χ1n) is 9.43. The molecular weight excluding hydrogens is 382 g/mol. The molecule has 0 fully saturated rings. The van der Waals surface area contributed by atoms with E-state index >= 15 is 0 Å². The van der Waals surface area contributed by atoms with Gasteiger partial charge in [-0.2, -0.15) is 0 Å². The van der Waals surface area contributed by atoms with Gasteiger partial charge in [0.15, 0.2) is 17.3 Å². The number of phenols is 1. The van der Waals surface area contributed by atoms with Crippen LogP contribution < -0.4 is 4.74 Å². The van der Waals surface area contributed by atoms with Gasteiger partial charge in [-0.3, -0.25) is 14.6 Å². The topological polar surface area (TPSA) is 85.2 Å². The van der Waals surface area contributed by atoms with Crippen molar-refractivity contribution in [3.63, 3.8) is 0 Å². The highest BCUT2D eigenvalue weighted by molar-refractivity contribution is 6.32. The van der Waals surface area contributed by atoms with Crippen LogP contribution >= 0.6 is 11.6 Å². The molecule has 0 saturated carbocycles. The van der Waals surface area contributed by atoms with Crippen molar-refractivity contribution < 1.29 is 24.2 Å². The lowest BCUT2D eigenvalue weighted by Crippen LogP contribution is -2.37. The Hall–Kier alpha value is -2.34. The maximum Gasteiger partial charge on any atom is 0.315 e. The molecule has 1 unspecified atom stereocenters. The van der Waals surface area contributed by atoms with Gasteiger partial charge in [0.05, 0.1) is 18.7 Å². The van der Waals surface area contributed by atoms with E-state index in [1.807, 2.05) is 6.92 Å². The summed E-state index contributed by atoms with van der Waals surface area (Å²) in [6.07, 6.45) is 2.55. The Labute approximate surface area is 169 Å². The van der Waals surface area contributed by atoms with Crippen molar-refractivity contribution in [1.82, 2.24) is 0 Å². The Morgan fingerprint density at radius 1 is 1.36 bits per heavy atom. The number of esters is 1. The number of aliphatic imine (C=N–C) groups is 1. The number of hydrogen-bond acceptors (Lipinski definition) is 6. The predicted octanol–water partition coefficient (Wildman–Crippen LogP) is 4.19. The van der Waals surface area contributed by atoms with Crippen molar-refractivity contribution in [1.29, 1.82) is 0 Å². The van der Waals surface area contributed by atoms with Crippen molar-refractivity contribution in [2.75, 3.05) is 13.7 Å². The normalized spacial score (nSPS) is 21.9. The second-order valence-corrected chi connectivity index (χ2v) is 7.47. The first kappa shape index (κ1) is 20.4. The van der Waals surface area contributed by atoms with Gasteiger partial charge in [0.1, 0.15) is 5.92 Å². The molecule has 1 aliphatic heterocycles. The minimum absolute atomic E-state index is 0.0149. The lowest BCUT2D eigenvalue weighted by atomic mass is 9.71. The molecule has 0 saturated heterocycles. The van der Waals surface area contributed by atoms with E-state index < -0.39 is 17.8 Å². The van der Waals surface area contributed by atoms with E-state index in [2.05, 4.69) is 4.99 Å². The molecular formula is C21H24ClNO5. The lowest BCUT2D eigenvalue weighted by molar-refractivity contribution is -0.146. The van der Waals surface area contributed by atoms with E-state index in [9.17, 15) is 14.7 Å². The number of hydrogen-bond donors (Lipinski definition) is 1. The molecule has 6 nitrogen and oxygen atoms in total. The highest BCUT2D eigenvalue weighted by Gasteiger charge is 2.43. The zero-order valence-corrected chi connectivity index (χ0v) is 17.0. The van der Waals surface area contributed by atoms with Gasteiger partial charge in [-0.1, -0.05) is 18.5 Å². The molecule has 0 amide bonds. The van der Waals surface area contributed by atoms with Gasteiger partial charge in [0, 0.05) is 29.3 Å². The van der Waals surface area contributed by atoms with Crippen LogP contribution in [0.4, 0.5) is 0 Å². The summed E-state index contributed by atoms with van der Waals surface area (Å²) in [6, 6.07) is 3.20. The molecule has 28 heavy (non-hydrogen) atoms. The third kappa shape index (κ3) is 3.65. The highest BCUT2D eigenvalue weighted by Crippen LogP contribution is 2.46. The fraction of sp³-hybridized carbons (Fsp3) is 0.476. The summed E-state index contributed by atoms with van der Waals surface area (Å²) in [6.45, 7) is 4.00. The maximum atomic E-state index is 12.9. The summed E-state index contributed by atoms with van der Waals surface area (Å²) in [5.41, 5.74) is 2.50. The lowest BCUT2D eigenvalue weighted by Gasteiger charge is -2.34. The number of ketones is 1. The van der Waals surface area contributed by atoms with Gasteiger partial charge in [0.25, 0.3) is 0 Å². The van der Waals surface area contributed by atoms with Crippen molar-refractivity contribution in [3.8, 4) is 11.5 Å². The van der Waals surface area contributed by atoms with E-state index in [4.69, 9.17) is 21.1 Å². The monoisotopic (exact) mass is 405 g/mol. The number of rotatable bonds is 5. The van der Waals surface area contributed by atoms with Crippen LogP contribution in [0.15, 0.2) is 28.4 Å². The summed E-state index contributed by atoms with van der Waals surface area (Å²) in [7, 11) is 1.42. The summed E-state index contributed by atoms with van der Waals surface area (Å²) >= 11 is 6.20. The van der Waals surface area contributed by atoms with Gasteiger partial charge in [0.2, 0.25) is 0 Å². The zero-order chi connectivity index (χ0) is 20.4. The number of methoxy groups -OCH3 is 1. The van der Waals surface area contributed by atoms with Crippen LogP contribution in [-0.2, 0) is 14.3 Å². The van der Waals surface area contributed by atoms with Crippen molar-refractivity contribution in [2.45, 2.75) is 45.4 Å². The number of allylic oxidation sites excluding steroid dienone is 2. The smallest absolute Gasteiger partial charge is 0.315 e. The Kier molecular flexibility index (Phi) is 6.08. The first-order chi connectivity index (χ1) is 13.4. The van der Waals surface area contributed by atoms with Gasteiger partial charge in [-0.15, -0.1) is 0 Å². The molecule has 1 aliphatic carbocycles. The number of carbonyl (C=O) groups is 2. The van der Waals surface area contributed by atoms with E-state index in [1.165, 1.54) is 7.11 Å². The Morgan fingerprint density at radius 3 is 2.79 bits per heavy atom. The minimum Gasteiger partial charge on any atom is -0.503 e. The average Bonchev–Trinajstić information content (AvgIpc) is 2.67. The van der Waals surface area contributed by atoms with Crippen LogP contribution in [0, 0.1) is 5.92 Å². The average molecular weight is 406 g/mol. The Morgan fingerprint density at radius 2 is 2.11 bits per heavy atom. The highest BCUT2D eigenvalue weighted by atomic mass is 35.5. The van der Waals surface area contributed by atoms with E-state index in [0.29, 0.717) is 42.7 Å². The van der Waals surface area contributed by atoms with Crippen LogP contribution in [0.2, 0.25) is 5.02 Å². The summed E-state index contributed by atoms with van der Waals surface area (Å²) < 4.78 is 10.6. The molecule has 2 aliphatic rings. The van der Waals surface area contributed by atoms with Crippen LogP contribution in [0.5, 0.6) is 11.5 Å². The molecule has 0 spiro atoms. The molecule has 7 heteroatoms. The van der Waals surface area contributed by atoms with Crippen LogP contribution in [-0.4, -0.2) is 36.3 Å². The molecule has 150 valence electrons. The number of Topliss-reactive ketones (excluding diaryl/α,β-unsaturated/α-hetero) is 1. The van der Waals surface area contributed by atoms with Gasteiger partial charge >= 0.3 is 5.97 Å². The SMILES string of the molecule is CCCOC(=O)C1C(C)=NC2=C(C(=O)CCC2)[C@@H]1c1cc(Cl)c(O)c(OC)c1. The standard InChI is InChI=1S/C21H24ClNO5/c1-4-8-28-21(26)17-11(2)23-14-6-5-7-15(24)19(14)18(17)12-9-13(22)20(25)16(10-12)27-3/h9-10,17-18,25H,4-8H2,1-3H3/t17?,18-/m1/s1. The number of aromatic hydroxyl groups is 1. The van der Waals surface area contributed by atoms with Crippen molar-refractivity contribution >= 4 is 29.1 Å². The minimum atomic E-state index is -0.724. The summed E-state index contributed by atoms with van der Waals surface area (Å²) in [4.78, 5) is 30.3. The van der Waals surface area contributed by atoms with E-state index in [0.717, 1.165) is 12.1 Å². The summed E-state index contributed by atoms with van der Waals surface area (Å²) in [5.74, 6) is -1.72. The molecule has 1 heterocycles. The largest absolute Gasteiger partial charge is 0.503 e. The number of carbonyl (C=O) groups excluding carboxylic acids is 2. The van der Waals surface area contributed by atoms with Crippen molar-refractivity contribution in [3.05, 3.63) is 34.0 Å². The second kappa shape index (κ2) is 8.35. The van der Waals surface area contributed by atoms with Crippen LogP contribution in [0.3, 0.4) is 0 Å². The first-order valence-corrected chi connectivity index (χ1v) is 9.81. The second-order valence-electron chi connectivity index (χ2n) is 7.07. The molecule has 1 aromatic carbocycles. The number of nitrogens with zero attached hydrogens (tertiary/aromatic N) is 1. The molecule has 1 aromatic rings. The van der Waals surface area contributed by atoms with Gasteiger partial charge < -0.3 is 14.6 Å². The molecule has 1 N–H and O–H groups in total. The Balaban J connectivity index is 2.17. The summed E-state index contributed by atoms with van der Waals surface area (Å²) in [5, 5.41) is 10.2. The molecule has 0 bridgehead atoms. The number of benzene rings is 1. The third-order valence-electron chi connectivity index (χ3n) is 5.17. The number of phenolic OH excluding ortho intramolecular Hbond substituents is 1. The fourth-order valence-corrected chi connectivity index (χ4v) is 4.11. The number of halogens is 1. The van der Waals surface area contributed by atoms with E-state index in [1.54, 1.807) is 19.1 Å². The zero-order valence-electron chi connectivity index (χ0n) is 16.3. The molecule has 0 radical (unpaired) electrons. The van der Waals surface area contributed by atoms with Gasteiger partial charge in [-0.05, 0) is 43.9 Å².